The van der Waals surface area contributed by atoms with Crippen LogP contribution in [0.1, 0.15) is 30.9 Å². The van der Waals surface area contributed by atoms with Gasteiger partial charge < -0.3 is 20.5 Å². The molecule has 0 radical (unpaired) electrons. The van der Waals surface area contributed by atoms with E-state index in [0.717, 1.165) is 22.3 Å². The highest BCUT2D eigenvalue weighted by atomic mass is 19.3. The minimum Gasteiger partial charge on any atom is -0.481 e. The Hall–Kier alpha value is -3.49. The van der Waals surface area contributed by atoms with Crippen molar-refractivity contribution >= 4 is 18.0 Å². The van der Waals surface area contributed by atoms with Crippen LogP contribution in [0.3, 0.4) is 0 Å². The van der Waals surface area contributed by atoms with Crippen molar-refractivity contribution < 1.29 is 33.0 Å². The Morgan fingerprint density at radius 3 is 2.09 bits per heavy atom. The predicted octanol–water partition coefficient (Wildman–Crippen LogP) is 3.39. The molecule has 3 N–H and O–H groups in total. The van der Waals surface area contributed by atoms with Crippen LogP contribution in [0.2, 0.25) is 0 Å². The monoisotopic (exact) mass is 458 g/mol. The summed E-state index contributed by atoms with van der Waals surface area (Å²) < 4.78 is 32.4. The Bertz CT molecular complexity index is 1070. The average molecular weight is 458 g/mol. The SMILES string of the molecule is CC(C)(NC(=O)OCC1c2ccccc2-c2ccccc21)C(=O)NC[C@@H]1[C@H](C(=O)O)C1(F)F. The van der Waals surface area contributed by atoms with E-state index in [0.29, 0.717) is 0 Å². The first-order chi connectivity index (χ1) is 15.5. The Kier molecular flexibility index (Phi) is 5.59. The quantitative estimate of drug-likeness (QED) is 0.590. The lowest BCUT2D eigenvalue weighted by Crippen LogP contribution is -2.55. The van der Waals surface area contributed by atoms with Crippen LogP contribution in [-0.2, 0) is 14.3 Å². The van der Waals surface area contributed by atoms with Crippen LogP contribution in [0.4, 0.5) is 13.6 Å². The van der Waals surface area contributed by atoms with Crippen molar-refractivity contribution in [2.24, 2.45) is 11.8 Å². The fourth-order valence-electron chi connectivity index (χ4n) is 4.35. The molecular weight excluding hydrogens is 434 g/mol. The predicted molar refractivity (Wildman–Crippen MR) is 115 cm³/mol. The van der Waals surface area contributed by atoms with Crippen LogP contribution >= 0.6 is 0 Å². The van der Waals surface area contributed by atoms with Gasteiger partial charge in [0.05, 0.1) is 5.92 Å². The molecule has 2 aromatic rings. The molecule has 1 fully saturated rings. The maximum Gasteiger partial charge on any atom is 0.408 e. The number of ether oxygens (including phenoxy) is 1. The molecule has 2 aliphatic rings. The molecule has 0 aliphatic heterocycles. The number of hydrogen-bond acceptors (Lipinski definition) is 4. The summed E-state index contributed by atoms with van der Waals surface area (Å²) in [5, 5.41) is 13.6. The third-order valence-electron chi connectivity index (χ3n) is 6.28. The van der Waals surface area contributed by atoms with E-state index in [4.69, 9.17) is 9.84 Å². The highest BCUT2D eigenvalue weighted by Gasteiger charge is 2.72. The standard InChI is InChI=1S/C24H24F2N2O5/c1-23(2,21(31)27-11-18-19(20(29)30)24(18,25)26)28-22(32)33-12-17-15-9-5-3-7-13(15)14-8-4-6-10-16(14)17/h3-10,17-19H,11-12H2,1-2H3,(H,27,31)(H,28,32)(H,29,30)/t18-,19-/m1/s1. The Morgan fingerprint density at radius 2 is 1.58 bits per heavy atom. The Balaban J connectivity index is 1.33. The minimum absolute atomic E-state index is 0.0617. The second-order valence-corrected chi connectivity index (χ2v) is 8.88. The van der Waals surface area contributed by atoms with Crippen LogP contribution in [0, 0.1) is 11.8 Å². The van der Waals surface area contributed by atoms with E-state index < -0.39 is 47.8 Å². The summed E-state index contributed by atoms with van der Waals surface area (Å²) in [7, 11) is 0. The molecular formula is C24H24F2N2O5. The number of carboxylic acids is 1. The van der Waals surface area contributed by atoms with Gasteiger partial charge in [0.1, 0.15) is 18.1 Å². The van der Waals surface area contributed by atoms with Gasteiger partial charge in [0.25, 0.3) is 5.92 Å². The molecule has 174 valence electrons. The Labute approximate surface area is 189 Å². The van der Waals surface area contributed by atoms with E-state index in [1.54, 1.807) is 0 Å². The van der Waals surface area contributed by atoms with Crippen molar-refractivity contribution in [3.05, 3.63) is 59.7 Å². The Morgan fingerprint density at radius 1 is 1.03 bits per heavy atom. The molecule has 7 nitrogen and oxygen atoms in total. The summed E-state index contributed by atoms with van der Waals surface area (Å²) in [6, 6.07) is 15.7. The number of alkyl halides is 2. The van der Waals surface area contributed by atoms with Crippen LogP contribution in [-0.4, -0.2) is 47.7 Å². The summed E-state index contributed by atoms with van der Waals surface area (Å²) in [5.74, 6) is -9.10. The zero-order valence-electron chi connectivity index (χ0n) is 18.1. The number of fused-ring (bicyclic) bond motifs is 3. The van der Waals surface area contributed by atoms with Crippen molar-refractivity contribution in [2.45, 2.75) is 31.2 Å². The van der Waals surface area contributed by atoms with Crippen molar-refractivity contribution in [1.29, 1.82) is 0 Å². The lowest BCUT2D eigenvalue weighted by molar-refractivity contribution is -0.141. The fraction of sp³-hybridized carbons (Fsp3) is 0.375. The van der Waals surface area contributed by atoms with Gasteiger partial charge >= 0.3 is 12.1 Å². The fourth-order valence-corrected chi connectivity index (χ4v) is 4.35. The maximum absolute atomic E-state index is 13.5. The molecule has 4 rings (SSSR count). The van der Waals surface area contributed by atoms with E-state index >= 15 is 0 Å². The van der Waals surface area contributed by atoms with Gasteiger partial charge in [-0.15, -0.1) is 0 Å². The highest BCUT2D eigenvalue weighted by molar-refractivity contribution is 5.89. The van der Waals surface area contributed by atoms with Crippen molar-refractivity contribution in [2.75, 3.05) is 13.2 Å². The number of hydrogen-bond donors (Lipinski definition) is 3. The normalized spacial score (nSPS) is 20.4. The first-order valence-corrected chi connectivity index (χ1v) is 10.6. The maximum atomic E-state index is 13.5. The molecule has 0 heterocycles. The number of carbonyl (C=O) groups is 3. The first kappa shape index (κ1) is 22.7. The van der Waals surface area contributed by atoms with E-state index in [-0.39, 0.29) is 12.5 Å². The molecule has 0 bridgehead atoms. The summed E-state index contributed by atoms with van der Waals surface area (Å²) >= 11 is 0. The molecule has 33 heavy (non-hydrogen) atoms. The third kappa shape index (κ3) is 4.15. The zero-order valence-corrected chi connectivity index (χ0v) is 18.1. The third-order valence-corrected chi connectivity index (χ3v) is 6.28. The van der Waals surface area contributed by atoms with Crippen molar-refractivity contribution in [3.8, 4) is 11.1 Å². The number of benzene rings is 2. The molecule has 2 amide bonds. The average Bonchev–Trinajstić information content (AvgIpc) is 3.17. The minimum atomic E-state index is -3.36. The number of carboxylic acid groups (broad SMARTS) is 1. The molecule has 2 atom stereocenters. The number of amides is 2. The molecule has 0 spiro atoms. The van der Waals surface area contributed by atoms with Gasteiger partial charge in [-0.05, 0) is 36.1 Å². The molecule has 1 saturated carbocycles. The number of aliphatic carboxylic acids is 1. The molecule has 0 saturated heterocycles. The van der Waals surface area contributed by atoms with Crippen molar-refractivity contribution in [1.82, 2.24) is 10.6 Å². The van der Waals surface area contributed by atoms with Crippen LogP contribution in [0.15, 0.2) is 48.5 Å². The first-order valence-electron chi connectivity index (χ1n) is 10.6. The van der Waals surface area contributed by atoms with Gasteiger partial charge in [0.15, 0.2) is 0 Å². The number of carbonyl (C=O) groups excluding carboxylic acids is 2. The van der Waals surface area contributed by atoms with Gasteiger partial charge in [-0.2, -0.15) is 0 Å². The molecule has 2 aromatic carbocycles. The van der Waals surface area contributed by atoms with E-state index in [2.05, 4.69) is 10.6 Å². The highest BCUT2D eigenvalue weighted by Crippen LogP contribution is 2.54. The second kappa shape index (κ2) is 8.13. The molecule has 9 heteroatoms. The van der Waals surface area contributed by atoms with E-state index in [9.17, 15) is 23.2 Å². The largest absolute Gasteiger partial charge is 0.481 e. The van der Waals surface area contributed by atoms with Gasteiger partial charge in [0.2, 0.25) is 5.91 Å². The van der Waals surface area contributed by atoms with Gasteiger partial charge in [-0.1, -0.05) is 48.5 Å². The molecule has 0 aromatic heterocycles. The smallest absolute Gasteiger partial charge is 0.408 e. The summed E-state index contributed by atoms with van der Waals surface area (Å²) in [6.45, 7) is 2.37. The van der Waals surface area contributed by atoms with Crippen molar-refractivity contribution in [3.63, 3.8) is 0 Å². The second-order valence-electron chi connectivity index (χ2n) is 8.88. The summed E-state index contributed by atoms with van der Waals surface area (Å²) in [4.78, 5) is 35.7. The number of halogens is 2. The van der Waals surface area contributed by atoms with Crippen LogP contribution in [0.5, 0.6) is 0 Å². The van der Waals surface area contributed by atoms with Gasteiger partial charge in [0, 0.05) is 12.5 Å². The van der Waals surface area contributed by atoms with Crippen LogP contribution < -0.4 is 10.6 Å². The molecule has 2 aliphatic carbocycles. The van der Waals surface area contributed by atoms with Gasteiger partial charge in [-0.3, -0.25) is 9.59 Å². The number of nitrogens with one attached hydrogen (secondary N) is 2. The lowest BCUT2D eigenvalue weighted by atomic mass is 9.98. The lowest BCUT2D eigenvalue weighted by Gasteiger charge is -2.25. The topological polar surface area (TPSA) is 105 Å². The van der Waals surface area contributed by atoms with Crippen LogP contribution in [0.25, 0.3) is 11.1 Å². The molecule has 0 unspecified atom stereocenters. The number of rotatable bonds is 7. The van der Waals surface area contributed by atoms with E-state index in [1.807, 2.05) is 48.5 Å². The van der Waals surface area contributed by atoms with E-state index in [1.165, 1.54) is 13.8 Å². The van der Waals surface area contributed by atoms with Gasteiger partial charge in [-0.25, -0.2) is 13.6 Å². The zero-order chi connectivity index (χ0) is 24.0. The summed E-state index contributed by atoms with van der Waals surface area (Å²) in [6.07, 6.45) is -0.822. The summed E-state index contributed by atoms with van der Waals surface area (Å²) in [5.41, 5.74) is 2.80. The number of alkyl carbamates (subject to hydrolysis) is 1.